The molecule has 3 aromatic carbocycles. The summed E-state index contributed by atoms with van der Waals surface area (Å²) in [7, 11) is 8.07. The summed E-state index contributed by atoms with van der Waals surface area (Å²) in [5, 5.41) is 10.7. The quantitative estimate of drug-likeness (QED) is 0.265. The van der Waals surface area contributed by atoms with Gasteiger partial charge in [-0.2, -0.15) is 0 Å². The van der Waals surface area contributed by atoms with Crippen LogP contribution in [-0.2, 0) is 22.6 Å². The summed E-state index contributed by atoms with van der Waals surface area (Å²) in [5.41, 5.74) is 3.82. The van der Waals surface area contributed by atoms with Crippen molar-refractivity contribution in [3.63, 3.8) is 0 Å². The first-order chi connectivity index (χ1) is 21.6. The van der Waals surface area contributed by atoms with Gasteiger partial charge in [-0.3, -0.25) is 14.5 Å². The molecule has 3 atom stereocenters. The fourth-order valence-electron chi connectivity index (χ4n) is 6.67. The number of anilines is 1. The number of para-hydroxylation sites is 1. The summed E-state index contributed by atoms with van der Waals surface area (Å²) in [6.07, 6.45) is 2.26. The number of rotatable bonds is 13. The number of methoxy groups -OCH3 is 1. The molecule has 3 aromatic rings. The van der Waals surface area contributed by atoms with Crippen LogP contribution in [0.3, 0.4) is 0 Å². The van der Waals surface area contributed by atoms with Crippen LogP contribution in [0, 0.1) is 5.92 Å². The van der Waals surface area contributed by atoms with Crippen molar-refractivity contribution < 1.29 is 33.4 Å². The van der Waals surface area contributed by atoms with Gasteiger partial charge in [0.1, 0.15) is 12.3 Å². The monoisotopic (exact) mass is 616 g/mol. The summed E-state index contributed by atoms with van der Waals surface area (Å²) in [4.78, 5) is 31.3. The molecule has 0 saturated carbocycles. The highest BCUT2D eigenvalue weighted by Gasteiger charge is 2.47. The minimum Gasteiger partial charge on any atom is -0.496 e. The van der Waals surface area contributed by atoms with E-state index in [4.69, 9.17) is 14.2 Å². The average molecular weight is 617 g/mol. The summed E-state index contributed by atoms with van der Waals surface area (Å²) in [6.45, 7) is 4.23. The van der Waals surface area contributed by atoms with Gasteiger partial charge in [0.25, 0.3) is 0 Å². The second-order valence-electron chi connectivity index (χ2n) is 13.1. The van der Waals surface area contributed by atoms with Gasteiger partial charge in [-0.05, 0) is 54.3 Å². The lowest BCUT2D eigenvalue weighted by molar-refractivity contribution is -0.884. The number of carbonyl (C=O) groups excluding carboxylic acids is 1. The van der Waals surface area contributed by atoms with Gasteiger partial charge in [-0.1, -0.05) is 49.7 Å². The van der Waals surface area contributed by atoms with Crippen LogP contribution in [0.2, 0.25) is 0 Å². The number of carboxylic acid groups (broad SMARTS) is 1. The number of quaternary nitrogens is 1. The smallest absolute Gasteiger partial charge is 0.308 e. The maximum absolute atomic E-state index is 14.3. The minimum absolute atomic E-state index is 0.0358. The first-order valence-corrected chi connectivity index (χ1v) is 15.8. The topological polar surface area (TPSA) is 88.5 Å². The molecule has 0 bridgehead atoms. The SMILES string of the molecule is CCCCN(C(=O)CN1C[C@H](c2ccc3c(c2)OCO3)[C@@H](C(=O)O)[C@@H]1Cc1ccccc1OC)c1cccc(C[N+](C)(C)C)c1. The van der Waals surface area contributed by atoms with E-state index in [9.17, 15) is 14.7 Å². The number of fused-ring (bicyclic) bond motifs is 1. The van der Waals surface area contributed by atoms with Crippen molar-refractivity contribution in [1.82, 2.24) is 4.90 Å². The lowest BCUT2D eigenvalue weighted by atomic mass is 9.83. The molecule has 45 heavy (non-hydrogen) atoms. The van der Waals surface area contributed by atoms with E-state index < -0.39 is 17.9 Å². The highest BCUT2D eigenvalue weighted by molar-refractivity contribution is 5.95. The van der Waals surface area contributed by atoms with Gasteiger partial charge < -0.3 is 28.7 Å². The average Bonchev–Trinajstić information content (AvgIpc) is 3.61. The minimum atomic E-state index is -0.886. The third-order valence-electron chi connectivity index (χ3n) is 8.73. The van der Waals surface area contributed by atoms with Crippen LogP contribution in [0.4, 0.5) is 5.69 Å². The van der Waals surface area contributed by atoms with E-state index in [1.165, 1.54) is 5.56 Å². The Labute approximate surface area is 266 Å². The molecule has 1 fully saturated rings. The number of unbranched alkanes of at least 4 members (excludes halogenated alkanes) is 1. The van der Waals surface area contributed by atoms with Gasteiger partial charge in [-0.25, -0.2) is 0 Å². The molecule has 1 saturated heterocycles. The maximum atomic E-state index is 14.3. The number of hydrogen-bond donors (Lipinski definition) is 1. The molecule has 2 aliphatic heterocycles. The fourth-order valence-corrected chi connectivity index (χ4v) is 6.67. The molecule has 2 aliphatic rings. The normalized spacial score (nSPS) is 19.4. The molecule has 1 N–H and O–H groups in total. The molecule has 0 aromatic heterocycles. The van der Waals surface area contributed by atoms with Crippen LogP contribution < -0.4 is 19.1 Å². The van der Waals surface area contributed by atoms with E-state index in [1.54, 1.807) is 7.11 Å². The highest BCUT2D eigenvalue weighted by Crippen LogP contribution is 2.43. The Morgan fingerprint density at radius 2 is 1.80 bits per heavy atom. The van der Waals surface area contributed by atoms with Gasteiger partial charge in [-0.15, -0.1) is 0 Å². The Bertz CT molecular complexity index is 1500. The van der Waals surface area contributed by atoms with Crippen LogP contribution >= 0.6 is 0 Å². The Morgan fingerprint density at radius 1 is 1.02 bits per heavy atom. The Morgan fingerprint density at radius 3 is 2.53 bits per heavy atom. The molecule has 0 unspecified atom stereocenters. The first-order valence-electron chi connectivity index (χ1n) is 15.8. The van der Waals surface area contributed by atoms with Crippen molar-refractivity contribution in [2.24, 2.45) is 5.92 Å². The zero-order chi connectivity index (χ0) is 32.1. The van der Waals surface area contributed by atoms with E-state index in [-0.39, 0.29) is 25.2 Å². The standard InChI is InChI=1S/C36H45N3O6/c1-6-7-17-38(28-13-10-11-25(18-28)23-39(2,3)4)34(40)22-37-21-29(26-15-16-32-33(20-26)45-24-44-32)35(36(41)42)30(37)19-27-12-8-9-14-31(27)43-5/h8-16,18,20,29-30,35H,6-7,17,19,21-24H2,1-5H3/p+1/t29-,30+,35-/m1/s1. The zero-order valence-electron chi connectivity index (χ0n) is 27.1. The van der Waals surface area contributed by atoms with Gasteiger partial charge in [0.15, 0.2) is 11.5 Å². The van der Waals surface area contributed by atoms with Crippen molar-refractivity contribution >= 4 is 17.6 Å². The number of amides is 1. The van der Waals surface area contributed by atoms with Crippen molar-refractivity contribution in [3.8, 4) is 17.2 Å². The Balaban J connectivity index is 1.48. The van der Waals surface area contributed by atoms with Gasteiger partial charge in [0, 0.05) is 36.3 Å². The first kappa shape index (κ1) is 32.3. The number of aliphatic carboxylic acids is 1. The third kappa shape index (κ3) is 7.60. The van der Waals surface area contributed by atoms with Gasteiger partial charge >= 0.3 is 5.97 Å². The predicted molar refractivity (Wildman–Crippen MR) is 174 cm³/mol. The molecule has 9 nitrogen and oxygen atoms in total. The molecule has 240 valence electrons. The van der Waals surface area contributed by atoms with E-state index in [2.05, 4.69) is 45.1 Å². The number of hydrogen-bond acceptors (Lipinski definition) is 6. The van der Waals surface area contributed by atoms with Crippen LogP contribution in [0.25, 0.3) is 0 Å². The van der Waals surface area contributed by atoms with Crippen LogP contribution in [0.15, 0.2) is 66.7 Å². The summed E-state index contributed by atoms with van der Waals surface area (Å²) < 4.78 is 17.6. The van der Waals surface area contributed by atoms with Gasteiger partial charge in [0.2, 0.25) is 12.7 Å². The third-order valence-corrected chi connectivity index (χ3v) is 8.73. The van der Waals surface area contributed by atoms with Crippen LogP contribution in [-0.4, -0.2) is 87.1 Å². The predicted octanol–water partition coefficient (Wildman–Crippen LogP) is 5.17. The van der Waals surface area contributed by atoms with Crippen molar-refractivity contribution in [1.29, 1.82) is 0 Å². The summed E-state index contributed by atoms with van der Waals surface area (Å²) in [6, 6.07) is 21.2. The van der Waals surface area contributed by atoms with E-state index in [1.807, 2.05) is 59.5 Å². The van der Waals surface area contributed by atoms with E-state index in [0.717, 1.165) is 40.7 Å². The summed E-state index contributed by atoms with van der Waals surface area (Å²) >= 11 is 0. The Kier molecular flexibility index (Phi) is 9.99. The molecule has 1 amide bonds. The molecular formula is C36H46N3O6+. The van der Waals surface area contributed by atoms with Gasteiger partial charge in [0.05, 0.1) is 40.7 Å². The number of carboxylic acids is 1. The number of ether oxygens (including phenoxy) is 3. The molecule has 9 heteroatoms. The number of benzene rings is 3. The number of likely N-dealkylation sites (tertiary alicyclic amines) is 1. The zero-order valence-corrected chi connectivity index (χ0v) is 27.1. The maximum Gasteiger partial charge on any atom is 0.308 e. The van der Waals surface area contributed by atoms with Crippen molar-refractivity contribution in [2.75, 3.05) is 59.6 Å². The van der Waals surface area contributed by atoms with E-state index >= 15 is 0 Å². The summed E-state index contributed by atoms with van der Waals surface area (Å²) in [5.74, 6) is -0.0402. The molecule has 2 heterocycles. The van der Waals surface area contributed by atoms with E-state index in [0.29, 0.717) is 36.8 Å². The second kappa shape index (κ2) is 13.9. The number of nitrogens with zero attached hydrogens (tertiary/aromatic N) is 3. The second-order valence-corrected chi connectivity index (χ2v) is 13.1. The highest BCUT2D eigenvalue weighted by atomic mass is 16.7. The lowest BCUT2D eigenvalue weighted by Crippen LogP contribution is -2.45. The largest absolute Gasteiger partial charge is 0.496 e. The molecule has 0 radical (unpaired) electrons. The van der Waals surface area contributed by atoms with Crippen molar-refractivity contribution in [2.45, 2.75) is 44.7 Å². The lowest BCUT2D eigenvalue weighted by Gasteiger charge is -2.30. The Hall–Kier alpha value is -4.08. The van der Waals surface area contributed by atoms with Crippen LogP contribution in [0.1, 0.15) is 42.4 Å². The number of carbonyl (C=O) groups is 2. The van der Waals surface area contributed by atoms with Crippen LogP contribution in [0.5, 0.6) is 17.2 Å². The molecule has 0 spiro atoms. The molecule has 0 aliphatic carbocycles. The fraction of sp³-hybridized carbons (Fsp3) is 0.444. The van der Waals surface area contributed by atoms with Crippen molar-refractivity contribution in [3.05, 3.63) is 83.4 Å². The molecular weight excluding hydrogens is 570 g/mol. The molecule has 5 rings (SSSR count).